The molecule has 2 atom stereocenters. The zero-order valence-corrected chi connectivity index (χ0v) is 19.2. The van der Waals surface area contributed by atoms with Crippen molar-refractivity contribution in [3.8, 4) is 6.07 Å². The molecule has 2 unspecified atom stereocenters. The molecule has 4 rings (SSSR count). The molecule has 10 heteroatoms. The Morgan fingerprint density at radius 1 is 1.16 bits per heavy atom. The van der Waals surface area contributed by atoms with Crippen LogP contribution in [0.2, 0.25) is 0 Å². The van der Waals surface area contributed by atoms with Gasteiger partial charge in [0.15, 0.2) is 22.8 Å². The SMILES string of the molecule is CCC1CC(Nc2nc(Nc3cc(C)[nH]n3)nc3[nH]c(C)nc23)CC(CC)N1CCC#N. The quantitative estimate of drug-likeness (QED) is 0.419. The number of rotatable bonds is 8. The molecule has 10 nitrogen and oxygen atoms in total. The van der Waals surface area contributed by atoms with Gasteiger partial charge in [0.2, 0.25) is 5.95 Å². The van der Waals surface area contributed by atoms with Crippen molar-refractivity contribution in [2.75, 3.05) is 17.2 Å². The lowest BCUT2D eigenvalue weighted by atomic mass is 9.88. The number of hydrogen-bond donors (Lipinski definition) is 4. The second-order valence-electron chi connectivity index (χ2n) is 8.56. The Hall–Kier alpha value is -3.19. The van der Waals surface area contributed by atoms with Gasteiger partial charge in [0, 0.05) is 42.9 Å². The van der Waals surface area contributed by atoms with Gasteiger partial charge in [-0.2, -0.15) is 20.3 Å². The van der Waals surface area contributed by atoms with Crippen LogP contribution in [0.1, 0.15) is 57.5 Å². The average Bonchev–Trinajstić information content (AvgIpc) is 3.36. The maximum Gasteiger partial charge on any atom is 0.232 e. The number of nitrogens with zero attached hydrogens (tertiary/aromatic N) is 6. The van der Waals surface area contributed by atoms with E-state index in [1.165, 1.54) is 0 Å². The largest absolute Gasteiger partial charge is 0.365 e. The molecule has 32 heavy (non-hydrogen) atoms. The summed E-state index contributed by atoms with van der Waals surface area (Å²) in [6.45, 7) is 9.17. The molecule has 1 aliphatic heterocycles. The van der Waals surface area contributed by atoms with Gasteiger partial charge in [-0.1, -0.05) is 13.8 Å². The van der Waals surface area contributed by atoms with Crippen molar-refractivity contribution in [1.29, 1.82) is 5.26 Å². The Bertz CT molecular complexity index is 1080. The summed E-state index contributed by atoms with van der Waals surface area (Å²) in [5.74, 6) is 2.68. The van der Waals surface area contributed by atoms with Crippen LogP contribution in [-0.4, -0.2) is 59.7 Å². The van der Waals surface area contributed by atoms with Crippen molar-refractivity contribution in [2.45, 2.75) is 77.9 Å². The lowest BCUT2D eigenvalue weighted by Gasteiger charge is -2.45. The number of nitriles is 1. The van der Waals surface area contributed by atoms with Crippen LogP contribution in [0.5, 0.6) is 0 Å². The number of likely N-dealkylation sites (tertiary alicyclic amines) is 1. The van der Waals surface area contributed by atoms with Gasteiger partial charge in [-0.05, 0) is 39.5 Å². The minimum Gasteiger partial charge on any atom is -0.365 e. The smallest absolute Gasteiger partial charge is 0.232 e. The average molecular weight is 437 g/mol. The third-order valence-electron chi connectivity index (χ3n) is 6.23. The van der Waals surface area contributed by atoms with Crippen molar-refractivity contribution >= 4 is 28.7 Å². The first-order valence-corrected chi connectivity index (χ1v) is 11.4. The summed E-state index contributed by atoms with van der Waals surface area (Å²) in [4.78, 5) is 19.7. The van der Waals surface area contributed by atoms with Crippen molar-refractivity contribution in [2.24, 2.45) is 0 Å². The van der Waals surface area contributed by atoms with E-state index in [9.17, 15) is 0 Å². The second-order valence-corrected chi connectivity index (χ2v) is 8.56. The molecule has 1 fully saturated rings. The van der Waals surface area contributed by atoms with E-state index in [2.05, 4.69) is 60.6 Å². The fourth-order valence-corrected chi connectivity index (χ4v) is 4.75. The molecule has 1 saturated heterocycles. The Labute approximate surface area is 188 Å². The summed E-state index contributed by atoms with van der Waals surface area (Å²) in [6, 6.07) is 5.39. The van der Waals surface area contributed by atoms with Crippen LogP contribution in [0.4, 0.5) is 17.6 Å². The van der Waals surface area contributed by atoms with Crippen LogP contribution in [0, 0.1) is 25.2 Å². The lowest BCUT2D eigenvalue weighted by molar-refractivity contribution is 0.0735. The van der Waals surface area contributed by atoms with Gasteiger partial charge in [-0.25, -0.2) is 4.98 Å². The molecule has 0 amide bonds. The van der Waals surface area contributed by atoms with Gasteiger partial charge in [0.25, 0.3) is 0 Å². The third-order valence-corrected chi connectivity index (χ3v) is 6.23. The molecule has 0 spiro atoms. The molecule has 0 radical (unpaired) electrons. The van der Waals surface area contributed by atoms with E-state index in [1.54, 1.807) is 0 Å². The normalized spacial score (nSPS) is 21.5. The van der Waals surface area contributed by atoms with Gasteiger partial charge >= 0.3 is 0 Å². The zero-order valence-electron chi connectivity index (χ0n) is 19.2. The van der Waals surface area contributed by atoms with Crippen molar-refractivity contribution < 1.29 is 0 Å². The van der Waals surface area contributed by atoms with Gasteiger partial charge in [0.1, 0.15) is 5.82 Å². The fraction of sp³-hybridized carbons (Fsp3) is 0.591. The fourth-order valence-electron chi connectivity index (χ4n) is 4.75. The molecular formula is C22H32N10. The van der Waals surface area contributed by atoms with E-state index in [-0.39, 0.29) is 6.04 Å². The molecule has 0 bridgehead atoms. The van der Waals surface area contributed by atoms with Crippen molar-refractivity contribution in [3.05, 3.63) is 17.6 Å². The first-order chi connectivity index (χ1) is 15.5. The highest BCUT2D eigenvalue weighted by atomic mass is 15.3. The molecule has 4 N–H and O–H groups in total. The first-order valence-electron chi connectivity index (χ1n) is 11.4. The van der Waals surface area contributed by atoms with E-state index in [4.69, 9.17) is 10.2 Å². The molecule has 1 aliphatic rings. The number of aromatic nitrogens is 6. The van der Waals surface area contributed by atoms with Crippen LogP contribution in [0.3, 0.4) is 0 Å². The minimum atomic E-state index is 0.277. The molecule has 0 aliphatic carbocycles. The predicted molar refractivity (Wildman–Crippen MR) is 125 cm³/mol. The summed E-state index contributed by atoms with van der Waals surface area (Å²) < 4.78 is 0. The predicted octanol–water partition coefficient (Wildman–Crippen LogP) is 3.78. The van der Waals surface area contributed by atoms with Crippen LogP contribution in [0.15, 0.2) is 6.07 Å². The number of imidazole rings is 1. The summed E-state index contributed by atoms with van der Waals surface area (Å²) in [7, 11) is 0. The lowest BCUT2D eigenvalue weighted by Crippen LogP contribution is -2.52. The Morgan fingerprint density at radius 3 is 2.53 bits per heavy atom. The number of nitrogens with one attached hydrogen (secondary N) is 4. The van der Waals surface area contributed by atoms with E-state index in [0.29, 0.717) is 35.9 Å². The minimum absolute atomic E-state index is 0.277. The standard InChI is InChI=1S/C22H32N10/c1-5-16-11-15(12-17(6-2)32(16)9-7-8-23)26-21-19-20(25-14(4)24-19)28-22(29-21)27-18-10-13(3)30-31-18/h10,15-17H,5-7,9,11-12H2,1-4H3,(H4,24,25,26,27,28,29,30,31). The molecule has 3 aromatic rings. The Morgan fingerprint density at radius 2 is 1.91 bits per heavy atom. The second kappa shape index (κ2) is 9.53. The topological polar surface area (TPSA) is 134 Å². The van der Waals surface area contributed by atoms with Crippen LogP contribution < -0.4 is 10.6 Å². The van der Waals surface area contributed by atoms with E-state index in [0.717, 1.165) is 55.1 Å². The van der Waals surface area contributed by atoms with Gasteiger partial charge in [-0.15, -0.1) is 0 Å². The number of fused-ring (bicyclic) bond motifs is 1. The molecule has 170 valence electrons. The van der Waals surface area contributed by atoms with E-state index in [1.807, 2.05) is 19.9 Å². The number of piperidine rings is 1. The number of H-pyrrole nitrogens is 2. The monoisotopic (exact) mass is 436 g/mol. The van der Waals surface area contributed by atoms with Gasteiger partial charge in [-0.3, -0.25) is 10.00 Å². The molecule has 4 heterocycles. The van der Waals surface area contributed by atoms with E-state index < -0.39 is 0 Å². The van der Waals surface area contributed by atoms with E-state index >= 15 is 0 Å². The third kappa shape index (κ3) is 4.67. The summed E-state index contributed by atoms with van der Waals surface area (Å²) in [5.41, 5.74) is 2.41. The van der Waals surface area contributed by atoms with Gasteiger partial charge in [0.05, 0.1) is 6.07 Å². The number of aromatic amines is 2. The molecular weight excluding hydrogens is 404 g/mol. The Balaban J connectivity index is 1.59. The summed E-state index contributed by atoms with van der Waals surface area (Å²) in [6.07, 6.45) is 4.72. The van der Waals surface area contributed by atoms with Gasteiger partial charge < -0.3 is 15.6 Å². The van der Waals surface area contributed by atoms with Crippen molar-refractivity contribution in [3.63, 3.8) is 0 Å². The number of anilines is 3. The highest BCUT2D eigenvalue weighted by molar-refractivity contribution is 5.84. The number of hydrogen-bond acceptors (Lipinski definition) is 8. The summed E-state index contributed by atoms with van der Waals surface area (Å²) >= 11 is 0. The van der Waals surface area contributed by atoms with Crippen LogP contribution in [0.25, 0.3) is 11.2 Å². The molecule has 0 aromatic carbocycles. The van der Waals surface area contributed by atoms with Crippen LogP contribution >= 0.6 is 0 Å². The number of aryl methyl sites for hydroxylation is 2. The Kier molecular flexibility index (Phi) is 6.55. The highest BCUT2D eigenvalue weighted by Crippen LogP contribution is 2.31. The van der Waals surface area contributed by atoms with Crippen LogP contribution in [-0.2, 0) is 0 Å². The maximum absolute atomic E-state index is 9.07. The highest BCUT2D eigenvalue weighted by Gasteiger charge is 2.34. The maximum atomic E-state index is 9.07. The first kappa shape index (κ1) is 22.0. The molecule has 0 saturated carbocycles. The molecule has 3 aromatic heterocycles. The zero-order chi connectivity index (χ0) is 22.7. The van der Waals surface area contributed by atoms with Crippen molar-refractivity contribution in [1.82, 2.24) is 35.0 Å². The summed E-state index contributed by atoms with van der Waals surface area (Å²) in [5, 5.41) is 23.1.